The molecule has 9 nitrogen and oxygen atoms in total. The second-order valence-electron chi connectivity index (χ2n) is 5.11. The molecule has 0 amide bonds. The third kappa shape index (κ3) is 3.23. The van der Waals surface area contributed by atoms with E-state index in [0.29, 0.717) is 5.52 Å². The number of sulfonamides is 1. The molecule has 1 fully saturated rings. The molecule has 0 aliphatic carbocycles. The second kappa shape index (κ2) is 6.42. The predicted molar refractivity (Wildman–Crippen MR) is 82.7 cm³/mol. The minimum absolute atomic E-state index is 0.0753. The van der Waals surface area contributed by atoms with Gasteiger partial charge in [0.25, 0.3) is 0 Å². The zero-order chi connectivity index (χ0) is 17.3. The molecule has 1 N–H and O–H groups in total. The van der Waals surface area contributed by atoms with Gasteiger partial charge in [0.2, 0.25) is 16.1 Å². The van der Waals surface area contributed by atoms with Gasteiger partial charge in [-0.1, -0.05) is 6.07 Å². The molecule has 2 unspecified atom stereocenters. The number of aromatic nitrogens is 2. The van der Waals surface area contributed by atoms with Crippen LogP contribution in [0.4, 0.5) is 0 Å². The SMILES string of the molecule is CC(NS(=O)(=O)c1cccc2nsnc12)C(=O)OC1CCOC1=O. The quantitative estimate of drug-likeness (QED) is 0.740. The maximum Gasteiger partial charge on any atom is 0.347 e. The molecule has 0 spiro atoms. The smallest absolute Gasteiger partial charge is 0.347 e. The maximum atomic E-state index is 12.5. The normalized spacial score (nSPS) is 19.2. The number of carbonyl (C=O) groups is 2. The van der Waals surface area contributed by atoms with Gasteiger partial charge in [-0.25, -0.2) is 13.2 Å². The number of rotatable bonds is 5. The van der Waals surface area contributed by atoms with Crippen LogP contribution in [0.15, 0.2) is 23.1 Å². The summed E-state index contributed by atoms with van der Waals surface area (Å²) in [4.78, 5) is 23.2. The average Bonchev–Trinajstić information content (AvgIpc) is 3.15. The molecule has 1 saturated heterocycles. The molecule has 2 heterocycles. The molecule has 2 atom stereocenters. The molecule has 24 heavy (non-hydrogen) atoms. The Morgan fingerprint density at radius 1 is 1.46 bits per heavy atom. The molecule has 3 rings (SSSR count). The van der Waals surface area contributed by atoms with Crippen LogP contribution in [-0.4, -0.2) is 47.9 Å². The van der Waals surface area contributed by atoms with Crippen LogP contribution in [0.1, 0.15) is 13.3 Å². The first-order valence-electron chi connectivity index (χ1n) is 6.99. The van der Waals surface area contributed by atoms with Crippen molar-refractivity contribution in [2.45, 2.75) is 30.4 Å². The molecule has 1 aliphatic rings. The van der Waals surface area contributed by atoms with E-state index < -0.39 is 34.1 Å². The standard InChI is InChI=1S/C13H13N3O6S2/c1-7(12(17)22-9-5-6-21-13(9)18)16-24(19,20)10-4-2-3-8-11(10)15-23-14-8/h2-4,7,9,16H,5-6H2,1H3. The van der Waals surface area contributed by atoms with Crippen molar-refractivity contribution >= 4 is 44.7 Å². The highest BCUT2D eigenvalue weighted by Gasteiger charge is 2.33. The van der Waals surface area contributed by atoms with Crippen LogP contribution in [0, 0.1) is 0 Å². The number of cyclic esters (lactones) is 1. The van der Waals surface area contributed by atoms with Crippen LogP contribution >= 0.6 is 11.7 Å². The fraction of sp³-hybridized carbons (Fsp3) is 0.385. The number of hydrogen-bond donors (Lipinski definition) is 1. The summed E-state index contributed by atoms with van der Waals surface area (Å²) in [7, 11) is -4.01. The monoisotopic (exact) mass is 371 g/mol. The molecular weight excluding hydrogens is 358 g/mol. The first-order chi connectivity index (χ1) is 11.4. The number of ether oxygens (including phenoxy) is 2. The van der Waals surface area contributed by atoms with E-state index in [2.05, 4.69) is 18.2 Å². The Hall–Kier alpha value is -2.11. The summed E-state index contributed by atoms with van der Waals surface area (Å²) < 4.78 is 44.8. The van der Waals surface area contributed by atoms with Crippen molar-refractivity contribution in [3.05, 3.63) is 18.2 Å². The van der Waals surface area contributed by atoms with Gasteiger partial charge in [-0.05, 0) is 19.1 Å². The lowest BCUT2D eigenvalue weighted by atomic mass is 10.3. The molecule has 2 aromatic rings. The Labute approximate surface area is 141 Å². The Balaban J connectivity index is 1.75. The molecule has 1 aromatic heterocycles. The van der Waals surface area contributed by atoms with Crippen molar-refractivity contribution in [2.75, 3.05) is 6.61 Å². The summed E-state index contributed by atoms with van der Waals surface area (Å²) in [5.41, 5.74) is 0.682. The van der Waals surface area contributed by atoms with Crippen LogP contribution in [-0.2, 0) is 29.1 Å². The van der Waals surface area contributed by atoms with Gasteiger partial charge in [0.15, 0.2) is 0 Å². The number of fused-ring (bicyclic) bond motifs is 1. The Bertz CT molecular complexity index is 894. The molecule has 0 saturated carbocycles. The van der Waals surface area contributed by atoms with E-state index in [1.54, 1.807) is 6.07 Å². The Kier molecular flexibility index (Phi) is 4.47. The van der Waals surface area contributed by atoms with Gasteiger partial charge in [0.1, 0.15) is 22.0 Å². The van der Waals surface area contributed by atoms with Gasteiger partial charge in [-0.3, -0.25) is 4.79 Å². The van der Waals surface area contributed by atoms with Crippen molar-refractivity contribution in [2.24, 2.45) is 0 Å². The van der Waals surface area contributed by atoms with E-state index in [0.717, 1.165) is 11.7 Å². The molecule has 1 aromatic carbocycles. The van der Waals surface area contributed by atoms with Crippen LogP contribution in [0.5, 0.6) is 0 Å². The zero-order valence-electron chi connectivity index (χ0n) is 12.5. The number of hydrogen-bond acceptors (Lipinski definition) is 9. The van der Waals surface area contributed by atoms with Crippen molar-refractivity contribution in [3.8, 4) is 0 Å². The van der Waals surface area contributed by atoms with Gasteiger partial charge in [0, 0.05) is 6.42 Å². The van der Waals surface area contributed by atoms with Crippen LogP contribution in [0.25, 0.3) is 11.0 Å². The third-order valence-corrected chi connectivity index (χ3v) is 5.48. The maximum absolute atomic E-state index is 12.5. The molecule has 11 heteroatoms. The summed E-state index contributed by atoms with van der Waals surface area (Å²) in [5.74, 6) is -1.48. The lowest BCUT2D eigenvalue weighted by Crippen LogP contribution is -2.41. The van der Waals surface area contributed by atoms with Gasteiger partial charge in [-0.2, -0.15) is 13.5 Å². The topological polar surface area (TPSA) is 125 Å². The van der Waals surface area contributed by atoms with Gasteiger partial charge in [0.05, 0.1) is 18.3 Å². The van der Waals surface area contributed by atoms with Crippen molar-refractivity contribution in [1.82, 2.24) is 13.5 Å². The lowest BCUT2D eigenvalue weighted by molar-refractivity contribution is -0.161. The van der Waals surface area contributed by atoms with E-state index in [1.165, 1.54) is 19.1 Å². The zero-order valence-corrected chi connectivity index (χ0v) is 14.1. The summed E-state index contributed by atoms with van der Waals surface area (Å²) >= 11 is 0.895. The van der Waals surface area contributed by atoms with Crippen LogP contribution in [0.2, 0.25) is 0 Å². The molecular formula is C13H13N3O6S2. The summed E-state index contributed by atoms with van der Waals surface area (Å²) in [6.45, 7) is 1.51. The highest BCUT2D eigenvalue weighted by molar-refractivity contribution is 7.89. The highest BCUT2D eigenvalue weighted by Crippen LogP contribution is 2.21. The fourth-order valence-electron chi connectivity index (χ4n) is 2.17. The fourth-order valence-corrected chi connectivity index (χ4v) is 4.13. The van der Waals surface area contributed by atoms with Crippen molar-refractivity contribution in [1.29, 1.82) is 0 Å². The minimum atomic E-state index is -4.01. The predicted octanol–water partition coefficient (Wildman–Crippen LogP) is 0.217. The van der Waals surface area contributed by atoms with E-state index in [4.69, 9.17) is 4.74 Å². The average molecular weight is 371 g/mol. The highest BCUT2D eigenvalue weighted by atomic mass is 32.2. The summed E-state index contributed by atoms with van der Waals surface area (Å²) in [6.07, 6.45) is -0.732. The van der Waals surface area contributed by atoms with Crippen molar-refractivity contribution < 1.29 is 27.5 Å². The number of carbonyl (C=O) groups excluding carboxylic acids is 2. The van der Waals surface area contributed by atoms with Gasteiger partial charge < -0.3 is 9.47 Å². The van der Waals surface area contributed by atoms with Crippen LogP contribution in [0.3, 0.4) is 0 Å². The van der Waals surface area contributed by atoms with Crippen LogP contribution < -0.4 is 4.72 Å². The number of nitrogens with one attached hydrogen (secondary N) is 1. The number of esters is 2. The second-order valence-corrected chi connectivity index (χ2v) is 7.32. The van der Waals surface area contributed by atoms with Gasteiger partial charge in [-0.15, -0.1) is 0 Å². The molecule has 0 bridgehead atoms. The van der Waals surface area contributed by atoms with E-state index >= 15 is 0 Å². The first kappa shape index (κ1) is 16.7. The summed E-state index contributed by atoms with van der Waals surface area (Å²) in [5, 5.41) is 0. The van der Waals surface area contributed by atoms with Crippen molar-refractivity contribution in [3.63, 3.8) is 0 Å². The largest absolute Gasteiger partial charge is 0.463 e. The Morgan fingerprint density at radius 2 is 2.25 bits per heavy atom. The summed E-state index contributed by atoms with van der Waals surface area (Å²) in [6, 6.07) is 3.38. The third-order valence-electron chi connectivity index (χ3n) is 3.37. The van der Waals surface area contributed by atoms with E-state index in [9.17, 15) is 18.0 Å². The first-order valence-corrected chi connectivity index (χ1v) is 9.20. The lowest BCUT2D eigenvalue weighted by Gasteiger charge is -2.15. The number of nitrogens with zero attached hydrogens (tertiary/aromatic N) is 2. The number of benzene rings is 1. The Morgan fingerprint density at radius 3 is 2.96 bits per heavy atom. The van der Waals surface area contributed by atoms with E-state index in [-0.39, 0.29) is 23.4 Å². The van der Waals surface area contributed by atoms with E-state index in [1.807, 2.05) is 0 Å². The molecule has 1 aliphatic heterocycles. The molecule has 128 valence electrons. The van der Waals surface area contributed by atoms with Gasteiger partial charge >= 0.3 is 11.9 Å². The molecule has 0 radical (unpaired) electrons. The minimum Gasteiger partial charge on any atom is -0.463 e.